The molecule has 0 unspecified atom stereocenters. The summed E-state index contributed by atoms with van der Waals surface area (Å²) in [5, 5.41) is 13.2. The van der Waals surface area contributed by atoms with Gasteiger partial charge in [-0.1, -0.05) is 6.07 Å². The third-order valence-electron chi connectivity index (χ3n) is 4.97. The molecule has 0 aromatic heterocycles. The Hall–Kier alpha value is -2.52. The topological polar surface area (TPSA) is 92.2 Å². The van der Waals surface area contributed by atoms with Crippen LogP contribution in [0.25, 0.3) is 0 Å². The van der Waals surface area contributed by atoms with E-state index in [1.165, 1.54) is 0 Å². The van der Waals surface area contributed by atoms with Crippen molar-refractivity contribution in [1.82, 2.24) is 0 Å². The Kier molecular flexibility index (Phi) is 5.54. The number of aliphatic hydroxyl groups excluding tert-OH is 1. The molecular formula is C20H24NO7+. The zero-order chi connectivity index (χ0) is 19.5. The number of benzene rings is 2. The van der Waals surface area contributed by atoms with Crippen LogP contribution in [0.5, 0.6) is 23.0 Å². The van der Waals surface area contributed by atoms with Gasteiger partial charge < -0.3 is 38.8 Å². The molecule has 0 aliphatic carbocycles. The number of methoxy groups -OCH3 is 2. The van der Waals surface area contributed by atoms with Gasteiger partial charge in [0.05, 0.1) is 0 Å². The molecule has 2 atom stereocenters. The Balaban J connectivity index is 1.61. The molecule has 8 nitrogen and oxygen atoms in total. The lowest BCUT2D eigenvalue weighted by Crippen LogP contribution is -2.88. The number of nitrogens with two attached hydrogens (primary N) is 1. The van der Waals surface area contributed by atoms with Crippen LogP contribution in [-0.4, -0.2) is 45.7 Å². The SMILES string of the molecule is COC(C[NH2+][C@@H](c1ccc2c(c1)OCO2)[C@@H](O)c1ccc2c(c1)OCO2)OC. The summed E-state index contributed by atoms with van der Waals surface area (Å²) >= 11 is 0. The number of quaternary nitrogens is 1. The van der Waals surface area contributed by atoms with Gasteiger partial charge >= 0.3 is 0 Å². The van der Waals surface area contributed by atoms with Gasteiger partial charge in [-0.2, -0.15) is 0 Å². The molecule has 2 aromatic rings. The van der Waals surface area contributed by atoms with E-state index in [4.69, 9.17) is 28.4 Å². The summed E-state index contributed by atoms with van der Waals surface area (Å²) in [6.45, 7) is 0.900. The second kappa shape index (κ2) is 8.24. The Labute approximate surface area is 162 Å². The molecule has 0 saturated heterocycles. The smallest absolute Gasteiger partial charge is 0.231 e. The molecule has 0 bridgehead atoms. The summed E-state index contributed by atoms with van der Waals surface area (Å²) in [6, 6.07) is 10.8. The van der Waals surface area contributed by atoms with Gasteiger partial charge in [-0.15, -0.1) is 0 Å². The van der Waals surface area contributed by atoms with E-state index < -0.39 is 6.10 Å². The molecule has 4 rings (SSSR count). The van der Waals surface area contributed by atoms with Crippen LogP contribution in [0.2, 0.25) is 0 Å². The Morgan fingerprint density at radius 3 is 2.00 bits per heavy atom. The normalized spacial score (nSPS) is 16.4. The summed E-state index contributed by atoms with van der Waals surface area (Å²) in [4.78, 5) is 0. The lowest BCUT2D eigenvalue weighted by Gasteiger charge is -2.24. The molecule has 0 fully saturated rings. The summed E-state index contributed by atoms with van der Waals surface area (Å²) in [6.07, 6.45) is -1.19. The molecule has 0 saturated carbocycles. The van der Waals surface area contributed by atoms with E-state index >= 15 is 0 Å². The summed E-state index contributed by atoms with van der Waals surface area (Å²) in [5.74, 6) is 2.68. The Bertz CT molecular complexity index is 824. The number of rotatable bonds is 8. The first-order valence-corrected chi connectivity index (χ1v) is 9.05. The van der Waals surface area contributed by atoms with Gasteiger partial charge in [0.25, 0.3) is 0 Å². The Morgan fingerprint density at radius 1 is 0.857 bits per heavy atom. The van der Waals surface area contributed by atoms with E-state index in [2.05, 4.69) is 0 Å². The summed E-state index contributed by atoms with van der Waals surface area (Å²) in [5.41, 5.74) is 1.63. The van der Waals surface area contributed by atoms with Crippen molar-refractivity contribution < 1.29 is 38.8 Å². The highest BCUT2D eigenvalue weighted by molar-refractivity contribution is 5.47. The maximum absolute atomic E-state index is 11.2. The predicted molar refractivity (Wildman–Crippen MR) is 97.4 cm³/mol. The minimum Gasteiger partial charge on any atom is -0.454 e. The summed E-state index contributed by atoms with van der Waals surface area (Å²) < 4.78 is 32.3. The van der Waals surface area contributed by atoms with E-state index in [1.807, 2.05) is 41.7 Å². The highest BCUT2D eigenvalue weighted by Gasteiger charge is 2.30. The minimum atomic E-state index is -0.802. The van der Waals surface area contributed by atoms with Crippen LogP contribution in [0, 0.1) is 0 Å². The maximum Gasteiger partial charge on any atom is 0.231 e. The van der Waals surface area contributed by atoms with Gasteiger partial charge in [-0.05, 0) is 35.9 Å². The minimum absolute atomic E-state index is 0.190. The molecule has 0 amide bonds. The van der Waals surface area contributed by atoms with Gasteiger partial charge in [-0.3, -0.25) is 0 Å². The van der Waals surface area contributed by atoms with Crippen molar-refractivity contribution in [2.75, 3.05) is 34.4 Å². The monoisotopic (exact) mass is 390 g/mol. The maximum atomic E-state index is 11.2. The van der Waals surface area contributed by atoms with E-state index in [9.17, 15) is 5.11 Å². The second-order valence-electron chi connectivity index (χ2n) is 6.57. The van der Waals surface area contributed by atoms with Gasteiger partial charge in [-0.25, -0.2) is 0 Å². The first-order chi connectivity index (χ1) is 13.7. The van der Waals surface area contributed by atoms with E-state index in [1.54, 1.807) is 14.2 Å². The molecule has 28 heavy (non-hydrogen) atoms. The van der Waals surface area contributed by atoms with Gasteiger partial charge in [0.1, 0.15) is 18.7 Å². The highest BCUT2D eigenvalue weighted by Crippen LogP contribution is 2.39. The zero-order valence-corrected chi connectivity index (χ0v) is 15.8. The third-order valence-corrected chi connectivity index (χ3v) is 4.97. The Morgan fingerprint density at radius 2 is 1.39 bits per heavy atom. The van der Waals surface area contributed by atoms with E-state index in [-0.39, 0.29) is 25.9 Å². The van der Waals surface area contributed by atoms with Crippen molar-refractivity contribution in [3.8, 4) is 23.0 Å². The fraction of sp³-hybridized carbons (Fsp3) is 0.400. The fourth-order valence-electron chi connectivity index (χ4n) is 3.42. The van der Waals surface area contributed by atoms with Crippen LogP contribution in [0.1, 0.15) is 23.3 Å². The van der Waals surface area contributed by atoms with E-state index in [0.29, 0.717) is 29.5 Å². The van der Waals surface area contributed by atoms with Gasteiger partial charge in [0.15, 0.2) is 23.0 Å². The largest absolute Gasteiger partial charge is 0.454 e. The van der Waals surface area contributed by atoms with Crippen molar-refractivity contribution >= 4 is 0 Å². The quantitative estimate of drug-likeness (QED) is 0.652. The number of aliphatic hydroxyl groups is 1. The lowest BCUT2D eigenvalue weighted by atomic mass is 9.95. The van der Waals surface area contributed by atoms with Gasteiger partial charge in [0, 0.05) is 19.8 Å². The third kappa shape index (κ3) is 3.72. The van der Waals surface area contributed by atoms with Crippen molar-refractivity contribution in [1.29, 1.82) is 0 Å². The van der Waals surface area contributed by atoms with Gasteiger partial charge in [0.2, 0.25) is 19.9 Å². The molecule has 8 heteroatoms. The average Bonchev–Trinajstić information content (AvgIpc) is 3.38. The van der Waals surface area contributed by atoms with Crippen LogP contribution in [0.15, 0.2) is 36.4 Å². The summed E-state index contributed by atoms with van der Waals surface area (Å²) in [7, 11) is 3.18. The molecule has 150 valence electrons. The van der Waals surface area contributed by atoms with Crippen LogP contribution >= 0.6 is 0 Å². The van der Waals surface area contributed by atoms with Crippen LogP contribution in [0.4, 0.5) is 0 Å². The fourth-order valence-corrected chi connectivity index (χ4v) is 3.42. The number of fused-ring (bicyclic) bond motifs is 2. The zero-order valence-electron chi connectivity index (χ0n) is 15.8. The number of hydrogen-bond acceptors (Lipinski definition) is 7. The van der Waals surface area contributed by atoms with Crippen molar-refractivity contribution in [2.45, 2.75) is 18.4 Å². The van der Waals surface area contributed by atoms with Crippen LogP contribution in [-0.2, 0) is 9.47 Å². The molecule has 2 aromatic carbocycles. The highest BCUT2D eigenvalue weighted by atomic mass is 16.7. The van der Waals surface area contributed by atoms with Crippen molar-refractivity contribution in [3.05, 3.63) is 47.5 Å². The average molecular weight is 390 g/mol. The van der Waals surface area contributed by atoms with Crippen molar-refractivity contribution in [2.24, 2.45) is 0 Å². The molecule has 2 aliphatic heterocycles. The number of ether oxygens (including phenoxy) is 6. The predicted octanol–water partition coefficient (Wildman–Crippen LogP) is 1.10. The molecule has 0 radical (unpaired) electrons. The molecule has 0 spiro atoms. The molecule has 2 heterocycles. The van der Waals surface area contributed by atoms with Crippen molar-refractivity contribution in [3.63, 3.8) is 0 Å². The first-order valence-electron chi connectivity index (χ1n) is 9.05. The second-order valence-corrected chi connectivity index (χ2v) is 6.57. The van der Waals surface area contributed by atoms with Crippen LogP contribution < -0.4 is 24.3 Å². The first kappa shape index (κ1) is 18.8. The van der Waals surface area contributed by atoms with E-state index in [0.717, 1.165) is 11.1 Å². The molecule has 2 aliphatic rings. The standard InChI is InChI=1S/C20H23NO7/c1-23-18(24-2)9-21-19(12-3-5-14-16(7-12)27-10-25-14)20(22)13-4-6-15-17(8-13)28-11-26-15/h3-8,18-22H,9-11H2,1-2H3/p+1/t19-,20-/m0/s1. The van der Waals surface area contributed by atoms with Crippen LogP contribution in [0.3, 0.4) is 0 Å². The molecular weight excluding hydrogens is 366 g/mol. The molecule has 3 N–H and O–H groups in total. The lowest BCUT2D eigenvalue weighted by molar-refractivity contribution is -0.715. The number of hydrogen-bond donors (Lipinski definition) is 2.